The summed E-state index contributed by atoms with van der Waals surface area (Å²) in [6, 6.07) is 7.86. The third kappa shape index (κ3) is 6.36. The molecule has 1 heterocycles. The molecule has 0 saturated heterocycles. The number of benzene rings is 1. The predicted molar refractivity (Wildman–Crippen MR) is 122 cm³/mol. The van der Waals surface area contributed by atoms with Crippen molar-refractivity contribution in [1.29, 1.82) is 0 Å². The van der Waals surface area contributed by atoms with Gasteiger partial charge >= 0.3 is 0 Å². The van der Waals surface area contributed by atoms with Gasteiger partial charge in [-0.15, -0.1) is 24.0 Å². The Balaban J connectivity index is 0.00000364. The van der Waals surface area contributed by atoms with E-state index in [9.17, 15) is 0 Å². The van der Waals surface area contributed by atoms with Crippen molar-refractivity contribution in [3.05, 3.63) is 51.8 Å². The number of halogens is 2. The van der Waals surface area contributed by atoms with Crippen molar-refractivity contribution in [2.24, 2.45) is 4.99 Å². The number of hydrogen-bond acceptors (Lipinski definition) is 3. The normalized spacial score (nSPS) is 11.3. The molecule has 8 heteroatoms. The van der Waals surface area contributed by atoms with Crippen LogP contribution in [0.15, 0.2) is 29.3 Å². The van der Waals surface area contributed by atoms with Crippen molar-refractivity contribution >= 4 is 41.5 Å². The summed E-state index contributed by atoms with van der Waals surface area (Å²) in [5.41, 5.74) is 4.43. The monoisotopic (exact) mass is 505 g/mol. The molecule has 0 amide bonds. The van der Waals surface area contributed by atoms with Gasteiger partial charge < -0.3 is 15.0 Å². The number of nitrogens with one attached hydrogen (secondary N) is 1. The van der Waals surface area contributed by atoms with Crippen LogP contribution < -0.4 is 5.32 Å². The van der Waals surface area contributed by atoms with Crippen LogP contribution in [0.5, 0.6) is 0 Å². The van der Waals surface area contributed by atoms with Crippen LogP contribution in [0.3, 0.4) is 0 Å². The molecule has 0 spiro atoms. The zero-order chi connectivity index (χ0) is 19.1. The average molecular weight is 506 g/mol. The van der Waals surface area contributed by atoms with E-state index in [0.29, 0.717) is 19.7 Å². The van der Waals surface area contributed by atoms with E-state index < -0.39 is 0 Å². The largest absolute Gasteiger partial charge is 0.383 e. The van der Waals surface area contributed by atoms with Crippen molar-refractivity contribution in [3.63, 3.8) is 0 Å². The standard InChI is InChI=1S/C19H28ClN5O.HI/c1-14-17(15(2)25(23-14)10-11-26-5)12-22-19(21-3)24(4)13-16-8-6-7-9-18(16)20;/h6-9H,10-13H2,1-5H3,(H,21,22);1H. The Morgan fingerprint density at radius 1 is 1.33 bits per heavy atom. The molecule has 0 aliphatic heterocycles. The van der Waals surface area contributed by atoms with E-state index in [1.54, 1.807) is 14.2 Å². The Morgan fingerprint density at radius 2 is 2.04 bits per heavy atom. The molecule has 0 unspecified atom stereocenters. The summed E-state index contributed by atoms with van der Waals surface area (Å²) < 4.78 is 7.14. The molecule has 2 aromatic rings. The lowest BCUT2D eigenvalue weighted by molar-refractivity contribution is 0.182. The average Bonchev–Trinajstić information content (AvgIpc) is 2.89. The van der Waals surface area contributed by atoms with Gasteiger partial charge in [0.05, 0.1) is 18.8 Å². The molecule has 0 aliphatic rings. The molecule has 1 aromatic carbocycles. The van der Waals surface area contributed by atoms with E-state index in [2.05, 4.69) is 27.2 Å². The molecule has 27 heavy (non-hydrogen) atoms. The second-order valence-electron chi connectivity index (χ2n) is 6.21. The maximum Gasteiger partial charge on any atom is 0.193 e. The highest BCUT2D eigenvalue weighted by Gasteiger charge is 2.14. The van der Waals surface area contributed by atoms with Crippen LogP contribution in [0.1, 0.15) is 22.5 Å². The minimum Gasteiger partial charge on any atom is -0.383 e. The van der Waals surface area contributed by atoms with Gasteiger partial charge in [0.2, 0.25) is 0 Å². The lowest BCUT2D eigenvalue weighted by Crippen LogP contribution is -2.38. The number of guanidine groups is 1. The summed E-state index contributed by atoms with van der Waals surface area (Å²) in [5.74, 6) is 0.813. The van der Waals surface area contributed by atoms with Crippen LogP contribution >= 0.6 is 35.6 Å². The Morgan fingerprint density at radius 3 is 2.67 bits per heavy atom. The van der Waals surface area contributed by atoms with Crippen LogP contribution in [0.2, 0.25) is 5.02 Å². The van der Waals surface area contributed by atoms with Gasteiger partial charge in [0.25, 0.3) is 0 Å². The van der Waals surface area contributed by atoms with Gasteiger partial charge in [0.15, 0.2) is 5.96 Å². The van der Waals surface area contributed by atoms with Crippen LogP contribution in [0.4, 0.5) is 0 Å². The summed E-state index contributed by atoms with van der Waals surface area (Å²) >= 11 is 6.27. The zero-order valence-electron chi connectivity index (χ0n) is 16.6. The molecule has 0 bridgehead atoms. The molecule has 0 aliphatic carbocycles. The third-order valence-electron chi connectivity index (χ3n) is 4.40. The van der Waals surface area contributed by atoms with Gasteiger partial charge in [-0.2, -0.15) is 5.10 Å². The summed E-state index contributed by atoms with van der Waals surface area (Å²) in [6.07, 6.45) is 0. The lowest BCUT2D eigenvalue weighted by atomic mass is 10.2. The molecule has 0 atom stereocenters. The number of hydrogen-bond donors (Lipinski definition) is 1. The highest BCUT2D eigenvalue weighted by Crippen LogP contribution is 2.17. The summed E-state index contributed by atoms with van der Waals surface area (Å²) in [7, 11) is 5.49. The fourth-order valence-corrected chi connectivity index (χ4v) is 3.09. The molecule has 1 N–H and O–H groups in total. The molecule has 0 radical (unpaired) electrons. The van der Waals surface area contributed by atoms with Crippen molar-refractivity contribution in [1.82, 2.24) is 20.0 Å². The first-order valence-electron chi connectivity index (χ1n) is 8.65. The van der Waals surface area contributed by atoms with Crippen molar-refractivity contribution in [2.75, 3.05) is 27.8 Å². The van der Waals surface area contributed by atoms with Gasteiger partial charge in [-0.3, -0.25) is 9.67 Å². The van der Waals surface area contributed by atoms with Gasteiger partial charge in [0, 0.05) is 50.6 Å². The Hall–Kier alpha value is -1.32. The van der Waals surface area contributed by atoms with E-state index in [-0.39, 0.29) is 24.0 Å². The third-order valence-corrected chi connectivity index (χ3v) is 4.77. The van der Waals surface area contributed by atoms with Gasteiger partial charge in [-0.05, 0) is 25.5 Å². The highest BCUT2D eigenvalue weighted by atomic mass is 127. The van der Waals surface area contributed by atoms with Crippen LogP contribution in [0, 0.1) is 13.8 Å². The molecule has 0 fully saturated rings. The lowest BCUT2D eigenvalue weighted by Gasteiger charge is -2.22. The molecule has 0 saturated carbocycles. The Bertz CT molecular complexity index is 763. The molecular weight excluding hydrogens is 477 g/mol. The van der Waals surface area contributed by atoms with Crippen LogP contribution in [-0.4, -0.2) is 48.5 Å². The minimum absolute atomic E-state index is 0. The number of methoxy groups -OCH3 is 1. The first kappa shape index (κ1) is 23.7. The van der Waals surface area contributed by atoms with E-state index in [4.69, 9.17) is 16.3 Å². The van der Waals surface area contributed by atoms with Gasteiger partial charge in [0.1, 0.15) is 0 Å². The topological polar surface area (TPSA) is 54.7 Å². The highest BCUT2D eigenvalue weighted by molar-refractivity contribution is 14.0. The molecule has 150 valence electrons. The number of nitrogens with zero attached hydrogens (tertiary/aromatic N) is 4. The van der Waals surface area contributed by atoms with Gasteiger partial charge in [-0.1, -0.05) is 29.8 Å². The molecule has 2 rings (SSSR count). The summed E-state index contributed by atoms with van der Waals surface area (Å²) in [6.45, 7) is 6.88. The summed E-state index contributed by atoms with van der Waals surface area (Å²) in [4.78, 5) is 6.44. The SMILES string of the molecule is CN=C(NCc1c(C)nn(CCOC)c1C)N(C)Cc1ccccc1Cl.I. The predicted octanol–water partition coefficient (Wildman–Crippen LogP) is 3.63. The number of ether oxygens (including phenoxy) is 1. The van der Waals surface area contributed by atoms with E-state index in [1.165, 1.54) is 5.56 Å². The maximum absolute atomic E-state index is 6.27. The minimum atomic E-state index is 0. The van der Waals surface area contributed by atoms with Crippen molar-refractivity contribution in [2.45, 2.75) is 33.5 Å². The van der Waals surface area contributed by atoms with E-state index >= 15 is 0 Å². The fraction of sp³-hybridized carbons (Fsp3) is 0.474. The maximum atomic E-state index is 6.27. The first-order valence-corrected chi connectivity index (χ1v) is 9.02. The second kappa shape index (κ2) is 11.5. The van der Waals surface area contributed by atoms with Crippen LogP contribution in [0.25, 0.3) is 0 Å². The Labute approximate surface area is 184 Å². The number of aryl methyl sites for hydroxylation is 1. The van der Waals surface area contributed by atoms with E-state index in [1.807, 2.05) is 42.9 Å². The van der Waals surface area contributed by atoms with Crippen molar-refractivity contribution in [3.8, 4) is 0 Å². The molecular formula is C19H29ClIN5O. The smallest absolute Gasteiger partial charge is 0.193 e. The Kier molecular flexibility index (Phi) is 10.1. The quantitative estimate of drug-likeness (QED) is 0.355. The number of aromatic nitrogens is 2. The molecule has 1 aromatic heterocycles. The fourth-order valence-electron chi connectivity index (χ4n) is 2.89. The summed E-state index contributed by atoms with van der Waals surface area (Å²) in [5, 5.41) is 8.79. The number of rotatable bonds is 7. The van der Waals surface area contributed by atoms with Crippen LogP contribution in [-0.2, 0) is 24.4 Å². The van der Waals surface area contributed by atoms with E-state index in [0.717, 1.165) is 34.5 Å². The van der Waals surface area contributed by atoms with Gasteiger partial charge in [-0.25, -0.2) is 0 Å². The number of aliphatic imine (C=N–C) groups is 1. The zero-order valence-corrected chi connectivity index (χ0v) is 19.7. The first-order chi connectivity index (χ1) is 12.5. The second-order valence-corrected chi connectivity index (χ2v) is 6.62. The molecule has 6 nitrogen and oxygen atoms in total. The van der Waals surface area contributed by atoms with Crippen molar-refractivity contribution < 1.29 is 4.74 Å².